The van der Waals surface area contributed by atoms with Crippen LogP contribution in [-0.2, 0) is 29.1 Å². The number of aromatic nitrogens is 4. The molecule has 1 aliphatic rings. The van der Waals surface area contributed by atoms with Gasteiger partial charge in [-0.15, -0.1) is 0 Å². The molecule has 2 aromatic rings. The van der Waals surface area contributed by atoms with Crippen molar-refractivity contribution in [3.63, 3.8) is 0 Å². The Labute approximate surface area is 158 Å². The van der Waals surface area contributed by atoms with Crippen molar-refractivity contribution < 1.29 is 9.47 Å². The molecule has 0 spiro atoms. The van der Waals surface area contributed by atoms with E-state index in [1.807, 2.05) is 13.8 Å². The highest BCUT2D eigenvalue weighted by Gasteiger charge is 2.31. The Balaban J connectivity index is 2.11. The first-order valence-corrected chi connectivity index (χ1v) is 9.97. The molecule has 0 aliphatic carbocycles. The Bertz CT molecular complexity index is 889. The predicted octanol–water partition coefficient (Wildman–Crippen LogP) is 2.11. The van der Waals surface area contributed by atoms with E-state index in [2.05, 4.69) is 11.9 Å². The minimum Gasteiger partial charge on any atom is -0.348 e. The summed E-state index contributed by atoms with van der Waals surface area (Å²) in [5.74, 6) is -0.795. The van der Waals surface area contributed by atoms with Gasteiger partial charge in [-0.2, -0.15) is 0 Å². The van der Waals surface area contributed by atoms with Gasteiger partial charge in [-0.3, -0.25) is 13.9 Å². The molecule has 8 nitrogen and oxygen atoms in total. The highest BCUT2D eigenvalue weighted by molar-refractivity contribution is 5.70. The van der Waals surface area contributed by atoms with Crippen LogP contribution in [0.15, 0.2) is 15.9 Å². The molecule has 0 bridgehead atoms. The Hall–Kier alpha value is -1.93. The lowest BCUT2D eigenvalue weighted by Crippen LogP contribution is -2.43. The van der Waals surface area contributed by atoms with Crippen molar-refractivity contribution in [1.82, 2.24) is 18.7 Å². The molecule has 3 rings (SSSR count). The van der Waals surface area contributed by atoms with Gasteiger partial charge in [0.15, 0.2) is 17.0 Å². The molecule has 1 aliphatic heterocycles. The van der Waals surface area contributed by atoms with E-state index in [1.54, 1.807) is 15.5 Å². The van der Waals surface area contributed by atoms with Crippen molar-refractivity contribution in [1.29, 1.82) is 0 Å². The standard InChI is InChI=1S/C19H30N4O4/c1-4-6-9-22-16-15(17(24)23(18(22)25)10-7-5-2)21(14-20-16)13-19(3)26-11-8-12-27-19/h14H,4-13H2,1-3H3. The lowest BCUT2D eigenvalue weighted by atomic mass is 10.2. The molecule has 0 N–H and O–H groups in total. The van der Waals surface area contributed by atoms with Gasteiger partial charge in [-0.1, -0.05) is 26.7 Å². The van der Waals surface area contributed by atoms with E-state index in [9.17, 15) is 9.59 Å². The second-order valence-electron chi connectivity index (χ2n) is 7.33. The fourth-order valence-electron chi connectivity index (χ4n) is 3.47. The Morgan fingerprint density at radius 1 is 1.07 bits per heavy atom. The summed E-state index contributed by atoms with van der Waals surface area (Å²) in [5.41, 5.74) is 0.343. The van der Waals surface area contributed by atoms with Crippen molar-refractivity contribution in [3.8, 4) is 0 Å². The zero-order valence-corrected chi connectivity index (χ0v) is 16.6. The van der Waals surface area contributed by atoms with Crippen molar-refractivity contribution in [2.45, 2.75) is 78.3 Å². The maximum atomic E-state index is 13.1. The first kappa shape index (κ1) is 19.8. The van der Waals surface area contributed by atoms with Crippen LogP contribution >= 0.6 is 0 Å². The number of hydrogen-bond acceptors (Lipinski definition) is 5. The number of fused-ring (bicyclic) bond motifs is 1. The third kappa shape index (κ3) is 4.01. The largest absolute Gasteiger partial charge is 0.348 e. The summed E-state index contributed by atoms with van der Waals surface area (Å²) in [6.07, 6.45) is 6.00. The summed E-state index contributed by atoms with van der Waals surface area (Å²) in [4.78, 5) is 30.4. The Morgan fingerprint density at radius 2 is 1.70 bits per heavy atom. The molecule has 3 heterocycles. The van der Waals surface area contributed by atoms with Crippen LogP contribution in [0.2, 0.25) is 0 Å². The first-order chi connectivity index (χ1) is 13.0. The molecule has 150 valence electrons. The van der Waals surface area contributed by atoms with Crippen LogP contribution in [-0.4, -0.2) is 37.7 Å². The molecule has 8 heteroatoms. The van der Waals surface area contributed by atoms with Gasteiger partial charge in [0.05, 0.1) is 26.1 Å². The van der Waals surface area contributed by atoms with Gasteiger partial charge in [-0.25, -0.2) is 9.78 Å². The molecule has 0 atom stereocenters. The molecular formula is C19H30N4O4. The first-order valence-electron chi connectivity index (χ1n) is 9.97. The molecule has 2 aromatic heterocycles. The van der Waals surface area contributed by atoms with Gasteiger partial charge in [-0.05, 0) is 26.2 Å². The molecule has 27 heavy (non-hydrogen) atoms. The Kier molecular flexibility index (Phi) is 6.16. The summed E-state index contributed by atoms with van der Waals surface area (Å²) >= 11 is 0. The summed E-state index contributed by atoms with van der Waals surface area (Å²) in [7, 11) is 0. The second kappa shape index (κ2) is 8.39. The quantitative estimate of drug-likeness (QED) is 0.703. The van der Waals surface area contributed by atoms with Crippen molar-refractivity contribution in [2.24, 2.45) is 0 Å². The molecule has 0 aromatic carbocycles. The molecule has 0 amide bonds. The van der Waals surface area contributed by atoms with Gasteiger partial charge in [0, 0.05) is 13.1 Å². The van der Waals surface area contributed by atoms with Gasteiger partial charge in [0.25, 0.3) is 5.56 Å². The third-order valence-electron chi connectivity index (χ3n) is 5.02. The summed E-state index contributed by atoms with van der Waals surface area (Å²) in [5, 5.41) is 0. The van der Waals surface area contributed by atoms with E-state index in [0.29, 0.717) is 44.0 Å². The van der Waals surface area contributed by atoms with Crippen LogP contribution < -0.4 is 11.2 Å². The number of aryl methyl sites for hydroxylation is 1. The van der Waals surface area contributed by atoms with E-state index >= 15 is 0 Å². The normalized spacial score (nSPS) is 16.9. The topological polar surface area (TPSA) is 80.3 Å². The smallest absolute Gasteiger partial charge is 0.332 e. The molecule has 1 saturated heterocycles. The van der Waals surface area contributed by atoms with Gasteiger partial charge in [0.2, 0.25) is 0 Å². The number of imidazole rings is 1. The molecule has 0 unspecified atom stereocenters. The fraction of sp³-hybridized carbons (Fsp3) is 0.737. The minimum absolute atomic E-state index is 0.268. The molecular weight excluding hydrogens is 348 g/mol. The zero-order chi connectivity index (χ0) is 19.4. The van der Waals surface area contributed by atoms with Crippen LogP contribution in [0.25, 0.3) is 11.2 Å². The minimum atomic E-state index is -0.795. The fourth-order valence-corrected chi connectivity index (χ4v) is 3.47. The van der Waals surface area contributed by atoms with E-state index in [-0.39, 0.29) is 11.2 Å². The van der Waals surface area contributed by atoms with Gasteiger partial charge < -0.3 is 14.0 Å². The zero-order valence-electron chi connectivity index (χ0n) is 16.6. The highest BCUT2D eigenvalue weighted by atomic mass is 16.7. The van der Waals surface area contributed by atoms with Gasteiger partial charge in [0.1, 0.15) is 0 Å². The monoisotopic (exact) mass is 378 g/mol. The average Bonchev–Trinajstić information content (AvgIpc) is 3.05. The van der Waals surface area contributed by atoms with Crippen LogP contribution in [0.4, 0.5) is 0 Å². The molecule has 0 radical (unpaired) electrons. The van der Waals surface area contributed by atoms with Crippen molar-refractivity contribution in [2.75, 3.05) is 13.2 Å². The van der Waals surface area contributed by atoms with Crippen LogP contribution in [0.5, 0.6) is 0 Å². The average molecular weight is 378 g/mol. The lowest BCUT2D eigenvalue weighted by molar-refractivity contribution is -0.262. The van der Waals surface area contributed by atoms with Crippen LogP contribution in [0, 0.1) is 0 Å². The SMILES string of the molecule is CCCCn1c(=O)c2c(ncn2CC2(C)OCCCO2)n(CCCC)c1=O. The van der Waals surface area contributed by atoms with E-state index < -0.39 is 5.79 Å². The maximum absolute atomic E-state index is 13.1. The van der Waals surface area contributed by atoms with Crippen LogP contribution in [0.3, 0.4) is 0 Å². The number of nitrogens with zero attached hydrogens (tertiary/aromatic N) is 4. The number of hydrogen-bond donors (Lipinski definition) is 0. The predicted molar refractivity (Wildman–Crippen MR) is 103 cm³/mol. The van der Waals surface area contributed by atoms with Crippen molar-refractivity contribution in [3.05, 3.63) is 27.2 Å². The third-order valence-corrected chi connectivity index (χ3v) is 5.02. The van der Waals surface area contributed by atoms with Crippen molar-refractivity contribution >= 4 is 11.2 Å². The van der Waals surface area contributed by atoms with E-state index in [0.717, 1.165) is 32.1 Å². The molecule has 0 saturated carbocycles. The number of ether oxygens (including phenoxy) is 2. The molecule has 1 fully saturated rings. The summed E-state index contributed by atoms with van der Waals surface area (Å²) < 4.78 is 16.3. The second-order valence-corrected chi connectivity index (χ2v) is 7.33. The maximum Gasteiger partial charge on any atom is 0.332 e. The summed E-state index contributed by atoms with van der Waals surface area (Å²) in [6, 6.07) is 0. The van der Waals surface area contributed by atoms with Crippen LogP contribution in [0.1, 0.15) is 52.9 Å². The van der Waals surface area contributed by atoms with Gasteiger partial charge >= 0.3 is 5.69 Å². The van der Waals surface area contributed by atoms with E-state index in [4.69, 9.17) is 9.47 Å². The Morgan fingerprint density at radius 3 is 2.33 bits per heavy atom. The number of rotatable bonds is 8. The summed E-state index contributed by atoms with van der Waals surface area (Å²) in [6.45, 7) is 8.59. The lowest BCUT2D eigenvalue weighted by Gasteiger charge is -2.34. The highest BCUT2D eigenvalue weighted by Crippen LogP contribution is 2.22. The number of unbranched alkanes of at least 4 members (excludes halogenated alkanes) is 2. The van der Waals surface area contributed by atoms with E-state index in [1.165, 1.54) is 4.57 Å².